The molecule has 1 aliphatic rings. The van der Waals surface area contributed by atoms with Crippen molar-refractivity contribution in [3.63, 3.8) is 0 Å². The molecule has 0 atom stereocenters. The summed E-state index contributed by atoms with van der Waals surface area (Å²) in [6.45, 7) is 0.906. The fourth-order valence-corrected chi connectivity index (χ4v) is 2.16. The molecule has 10 heteroatoms. The number of ether oxygens (including phenoxy) is 1. The average Bonchev–Trinajstić information content (AvgIpc) is 2.90. The van der Waals surface area contributed by atoms with Crippen molar-refractivity contribution in [1.29, 1.82) is 0 Å². The van der Waals surface area contributed by atoms with Gasteiger partial charge in [-0.3, -0.25) is 24.1 Å². The summed E-state index contributed by atoms with van der Waals surface area (Å²) in [6, 6.07) is 0. The van der Waals surface area contributed by atoms with Crippen LogP contribution in [-0.4, -0.2) is 67.5 Å². The van der Waals surface area contributed by atoms with E-state index >= 15 is 0 Å². The monoisotopic (exact) mass is 369 g/mol. The Kier molecular flexibility index (Phi) is 10.1. The molecule has 0 bridgehead atoms. The Morgan fingerprint density at radius 2 is 1.69 bits per heavy atom. The van der Waals surface area contributed by atoms with Gasteiger partial charge in [-0.2, -0.15) is 0 Å². The second kappa shape index (κ2) is 12.1. The Labute approximate surface area is 152 Å². The number of hydrogen-bond acceptors (Lipinski definition) is 7. The minimum absolute atomic E-state index is 0.0199. The summed E-state index contributed by atoms with van der Waals surface area (Å²) in [5.74, 6) is -1.36. The molecule has 1 aliphatic heterocycles. The molecular weight excluding hydrogens is 342 g/mol. The summed E-state index contributed by atoms with van der Waals surface area (Å²) in [7, 11) is 0. The van der Waals surface area contributed by atoms with Gasteiger partial charge in [-0.1, -0.05) is 0 Å². The predicted octanol–water partition coefficient (Wildman–Crippen LogP) is -2.04. The molecule has 0 unspecified atom stereocenters. The van der Waals surface area contributed by atoms with E-state index in [4.69, 9.17) is 16.2 Å². The number of hydrogen-bond donors (Lipinski definition) is 4. The third-order valence-electron chi connectivity index (χ3n) is 3.55. The second-order valence-corrected chi connectivity index (χ2v) is 5.82. The molecule has 1 rings (SSSR count). The molecule has 0 aliphatic carbocycles. The molecule has 6 N–H and O–H groups in total. The van der Waals surface area contributed by atoms with Gasteiger partial charge in [-0.05, 0) is 19.3 Å². The third-order valence-corrected chi connectivity index (χ3v) is 3.55. The van der Waals surface area contributed by atoms with Crippen molar-refractivity contribution in [1.82, 2.24) is 15.5 Å². The van der Waals surface area contributed by atoms with E-state index in [2.05, 4.69) is 10.6 Å². The highest BCUT2D eigenvalue weighted by atomic mass is 16.5. The minimum Gasteiger partial charge on any atom is -0.370 e. The lowest BCUT2D eigenvalue weighted by Gasteiger charge is -2.13. The number of nitrogens with zero attached hydrogens (tertiary/aromatic N) is 1. The number of rotatable bonds is 13. The van der Waals surface area contributed by atoms with Crippen LogP contribution in [0.2, 0.25) is 0 Å². The molecule has 1 heterocycles. The molecule has 0 saturated heterocycles. The Hall–Kier alpha value is -2.30. The third kappa shape index (κ3) is 9.25. The fourth-order valence-electron chi connectivity index (χ4n) is 2.16. The normalized spacial score (nSPS) is 13.6. The minimum atomic E-state index is -0.414. The summed E-state index contributed by atoms with van der Waals surface area (Å²) in [4.78, 5) is 46.8. The number of nitrogens with two attached hydrogens (primary N) is 2. The van der Waals surface area contributed by atoms with Gasteiger partial charge in [0.15, 0.2) is 0 Å². The van der Waals surface area contributed by atoms with Crippen molar-refractivity contribution < 1.29 is 23.9 Å². The fraction of sp³-hybridized carbons (Fsp3) is 0.625. The molecule has 26 heavy (non-hydrogen) atoms. The molecular formula is C16H27N5O5. The SMILES string of the molecule is NC(N)CCCCNC(=O)COCCNC(=O)CCN1C(=O)C=CC1=O. The Bertz CT molecular complexity index is 517. The Morgan fingerprint density at radius 1 is 1.04 bits per heavy atom. The zero-order valence-corrected chi connectivity index (χ0v) is 14.7. The lowest BCUT2D eigenvalue weighted by atomic mass is 10.2. The van der Waals surface area contributed by atoms with Crippen molar-refractivity contribution in [3.8, 4) is 0 Å². The lowest BCUT2D eigenvalue weighted by Crippen LogP contribution is -2.36. The van der Waals surface area contributed by atoms with Gasteiger partial charge in [0.2, 0.25) is 11.8 Å². The summed E-state index contributed by atoms with van der Waals surface area (Å²) >= 11 is 0. The van der Waals surface area contributed by atoms with Crippen LogP contribution in [0.25, 0.3) is 0 Å². The molecule has 0 spiro atoms. The summed E-state index contributed by atoms with van der Waals surface area (Å²) in [6.07, 6.45) is 4.39. The van der Waals surface area contributed by atoms with Gasteiger partial charge < -0.3 is 26.8 Å². The number of imide groups is 1. The lowest BCUT2D eigenvalue weighted by molar-refractivity contribution is -0.137. The van der Waals surface area contributed by atoms with Gasteiger partial charge in [0.1, 0.15) is 6.61 Å². The van der Waals surface area contributed by atoms with Crippen molar-refractivity contribution in [2.75, 3.05) is 32.8 Å². The Balaban J connectivity index is 1.96. The van der Waals surface area contributed by atoms with E-state index in [0.29, 0.717) is 13.0 Å². The summed E-state index contributed by atoms with van der Waals surface area (Å²) in [5, 5.41) is 5.30. The molecule has 146 valence electrons. The van der Waals surface area contributed by atoms with Crippen LogP contribution in [0, 0.1) is 0 Å². The topological polar surface area (TPSA) is 157 Å². The first-order chi connectivity index (χ1) is 12.4. The van der Waals surface area contributed by atoms with E-state index in [1.165, 1.54) is 12.2 Å². The first kappa shape index (κ1) is 21.7. The first-order valence-electron chi connectivity index (χ1n) is 8.56. The number of carbonyl (C=O) groups excluding carboxylic acids is 4. The first-order valence-corrected chi connectivity index (χ1v) is 8.56. The van der Waals surface area contributed by atoms with Gasteiger partial charge in [-0.15, -0.1) is 0 Å². The van der Waals surface area contributed by atoms with E-state index in [1.807, 2.05) is 0 Å². The van der Waals surface area contributed by atoms with Gasteiger partial charge in [-0.25, -0.2) is 0 Å². The number of unbranched alkanes of at least 4 members (excludes halogenated alkanes) is 1. The van der Waals surface area contributed by atoms with E-state index in [1.54, 1.807) is 0 Å². The number of amides is 4. The standard InChI is InChI=1S/C16H27N5O5/c17-12(18)3-1-2-7-19-14(23)11-26-10-8-20-13(22)6-9-21-15(24)4-5-16(21)25/h4-5,12H,1-3,6-11,17-18H2,(H,19,23)(H,20,22). The molecule has 0 radical (unpaired) electrons. The molecule has 4 amide bonds. The van der Waals surface area contributed by atoms with E-state index in [-0.39, 0.29) is 50.7 Å². The van der Waals surface area contributed by atoms with Crippen LogP contribution in [0.15, 0.2) is 12.2 Å². The smallest absolute Gasteiger partial charge is 0.253 e. The van der Waals surface area contributed by atoms with Crippen molar-refractivity contribution >= 4 is 23.6 Å². The number of nitrogens with one attached hydrogen (secondary N) is 2. The van der Waals surface area contributed by atoms with Crippen molar-refractivity contribution in [3.05, 3.63) is 12.2 Å². The van der Waals surface area contributed by atoms with Crippen molar-refractivity contribution in [2.45, 2.75) is 31.8 Å². The van der Waals surface area contributed by atoms with E-state index in [0.717, 1.165) is 17.7 Å². The molecule has 0 fully saturated rings. The number of carbonyl (C=O) groups is 4. The van der Waals surface area contributed by atoms with Crippen molar-refractivity contribution in [2.24, 2.45) is 11.5 Å². The largest absolute Gasteiger partial charge is 0.370 e. The second-order valence-electron chi connectivity index (χ2n) is 5.82. The Morgan fingerprint density at radius 3 is 2.35 bits per heavy atom. The molecule has 0 aromatic carbocycles. The maximum Gasteiger partial charge on any atom is 0.253 e. The molecule has 10 nitrogen and oxygen atoms in total. The zero-order valence-electron chi connectivity index (χ0n) is 14.7. The van der Waals surface area contributed by atoms with Crippen LogP contribution in [0.4, 0.5) is 0 Å². The van der Waals surface area contributed by atoms with E-state index < -0.39 is 11.8 Å². The maximum absolute atomic E-state index is 11.6. The van der Waals surface area contributed by atoms with Crippen LogP contribution in [-0.2, 0) is 23.9 Å². The maximum atomic E-state index is 11.6. The van der Waals surface area contributed by atoms with Crippen LogP contribution >= 0.6 is 0 Å². The highest BCUT2D eigenvalue weighted by Crippen LogP contribution is 2.03. The average molecular weight is 369 g/mol. The van der Waals surface area contributed by atoms with Gasteiger partial charge in [0, 0.05) is 38.2 Å². The molecule has 0 saturated carbocycles. The zero-order chi connectivity index (χ0) is 19.4. The highest BCUT2D eigenvalue weighted by Gasteiger charge is 2.23. The van der Waals surface area contributed by atoms with Gasteiger partial charge >= 0.3 is 0 Å². The van der Waals surface area contributed by atoms with Gasteiger partial charge in [0.05, 0.1) is 12.8 Å². The summed E-state index contributed by atoms with van der Waals surface area (Å²) in [5.41, 5.74) is 10.8. The van der Waals surface area contributed by atoms with Gasteiger partial charge in [0.25, 0.3) is 11.8 Å². The van der Waals surface area contributed by atoms with Crippen LogP contribution in [0.1, 0.15) is 25.7 Å². The van der Waals surface area contributed by atoms with E-state index in [9.17, 15) is 19.2 Å². The van der Waals surface area contributed by atoms with Crippen LogP contribution in [0.5, 0.6) is 0 Å². The van der Waals surface area contributed by atoms with Crippen LogP contribution < -0.4 is 22.1 Å². The summed E-state index contributed by atoms with van der Waals surface area (Å²) < 4.78 is 5.16. The molecule has 0 aromatic heterocycles. The molecule has 0 aromatic rings. The van der Waals surface area contributed by atoms with Crippen LogP contribution in [0.3, 0.4) is 0 Å². The quantitative estimate of drug-likeness (QED) is 0.165. The predicted molar refractivity (Wildman–Crippen MR) is 93.3 cm³/mol. The highest BCUT2D eigenvalue weighted by molar-refractivity contribution is 6.13.